The van der Waals surface area contributed by atoms with Crippen LogP contribution in [0.4, 0.5) is 0 Å². The maximum Gasteiger partial charge on any atom is 0.308 e. The van der Waals surface area contributed by atoms with Crippen LogP contribution >= 0.6 is 0 Å². The van der Waals surface area contributed by atoms with Gasteiger partial charge in [-0.05, 0) is 34.7 Å². The van der Waals surface area contributed by atoms with E-state index in [0.29, 0.717) is 13.0 Å². The van der Waals surface area contributed by atoms with Crippen molar-refractivity contribution in [1.29, 1.82) is 0 Å². The van der Waals surface area contributed by atoms with Crippen molar-refractivity contribution in [2.75, 3.05) is 0 Å². The summed E-state index contributed by atoms with van der Waals surface area (Å²) in [5, 5.41) is 20.1. The molecule has 0 aliphatic heterocycles. The lowest BCUT2D eigenvalue weighted by Gasteiger charge is -1.98. The first-order valence-corrected chi connectivity index (χ1v) is 9.81. The van der Waals surface area contributed by atoms with Crippen molar-refractivity contribution < 1.29 is 14.5 Å². The van der Waals surface area contributed by atoms with E-state index in [1.807, 2.05) is 16.6 Å². The molecule has 0 saturated heterocycles. The van der Waals surface area contributed by atoms with Gasteiger partial charge in [-0.3, -0.25) is 4.79 Å². The van der Waals surface area contributed by atoms with Gasteiger partial charge in [0.25, 0.3) is 0 Å². The van der Waals surface area contributed by atoms with E-state index in [1.54, 1.807) is 0 Å². The Morgan fingerprint density at radius 1 is 0.966 bits per heavy atom. The van der Waals surface area contributed by atoms with E-state index in [-0.39, 0.29) is 6.42 Å². The molecule has 0 bridgehead atoms. The number of carboxylic acids is 1. The first-order valence-electron chi connectivity index (χ1n) is 9.81. The molecule has 2 aromatic heterocycles. The summed E-state index contributed by atoms with van der Waals surface area (Å²) in [4.78, 5) is 11.0. The van der Waals surface area contributed by atoms with E-state index in [9.17, 15) is 4.79 Å². The number of aromatic nitrogens is 3. The van der Waals surface area contributed by atoms with Crippen LogP contribution in [0.1, 0.15) is 12.8 Å². The van der Waals surface area contributed by atoms with Crippen LogP contribution < -0.4 is 4.57 Å². The molecule has 29 heavy (non-hydrogen) atoms. The van der Waals surface area contributed by atoms with Gasteiger partial charge in [0.1, 0.15) is 5.52 Å². The van der Waals surface area contributed by atoms with Gasteiger partial charge >= 0.3 is 11.6 Å². The minimum absolute atomic E-state index is 0.155. The fraction of sp³-hybridized carbons (Fsp3) is 0.125. The highest BCUT2D eigenvalue weighted by Crippen LogP contribution is 2.37. The highest BCUT2D eigenvalue weighted by molar-refractivity contribution is 6.29. The molecule has 0 fully saturated rings. The Bertz CT molecular complexity index is 1560. The molecule has 0 amide bonds. The smallest absolute Gasteiger partial charge is 0.308 e. The van der Waals surface area contributed by atoms with Gasteiger partial charge in [0, 0.05) is 23.3 Å². The van der Waals surface area contributed by atoms with E-state index < -0.39 is 5.97 Å². The van der Waals surface area contributed by atoms with E-state index in [0.717, 1.165) is 27.6 Å². The lowest BCUT2D eigenvalue weighted by molar-refractivity contribution is -0.646. The highest BCUT2D eigenvalue weighted by Gasteiger charge is 2.23. The fourth-order valence-electron chi connectivity index (χ4n) is 4.62. The molecule has 4 aromatic carbocycles. The SMILES string of the molecule is O=C(O)CCC[n+]1c2ccccc2n2nc3c(cc21)c1cccc2cccc3c21. The monoisotopic (exact) mass is 380 g/mol. The second kappa shape index (κ2) is 5.88. The van der Waals surface area contributed by atoms with Crippen LogP contribution in [-0.2, 0) is 11.3 Å². The van der Waals surface area contributed by atoms with Crippen LogP contribution in [0.2, 0.25) is 0 Å². The number of rotatable bonds is 4. The average Bonchev–Trinajstić information content (AvgIpc) is 3.22. The standard InChI is InChI=1S/C24H17N3O2/c28-22(29)12-5-13-26-19-10-1-2-11-20(19)27-21(26)14-18-16-8-3-6-15-7-4-9-17(23(15)16)24(18)25-27/h1-4,6-11,14H,5,12-13H2/p+1. The molecular weight excluding hydrogens is 362 g/mol. The maximum atomic E-state index is 11.0. The molecule has 1 N–H and O–H groups in total. The number of hydrogen-bond acceptors (Lipinski definition) is 2. The van der Waals surface area contributed by atoms with Gasteiger partial charge in [-0.2, -0.15) is 0 Å². The van der Waals surface area contributed by atoms with E-state index in [4.69, 9.17) is 10.2 Å². The van der Waals surface area contributed by atoms with Crippen molar-refractivity contribution in [2.24, 2.45) is 0 Å². The molecule has 0 saturated carbocycles. The van der Waals surface area contributed by atoms with Gasteiger partial charge < -0.3 is 5.11 Å². The summed E-state index contributed by atoms with van der Waals surface area (Å²) in [6.45, 7) is 0.640. The maximum absolute atomic E-state index is 11.0. The molecule has 0 atom stereocenters. The Labute approximate surface area is 165 Å². The van der Waals surface area contributed by atoms with Gasteiger partial charge in [-0.1, -0.05) is 58.1 Å². The Morgan fingerprint density at radius 2 is 1.76 bits per heavy atom. The fourth-order valence-corrected chi connectivity index (χ4v) is 4.62. The normalized spacial score (nSPS) is 12.1. The lowest BCUT2D eigenvalue weighted by atomic mass is 10.1. The number of hydrogen-bond donors (Lipinski definition) is 1. The van der Waals surface area contributed by atoms with Gasteiger partial charge in [-0.25, -0.2) is 4.57 Å². The molecule has 5 heteroatoms. The van der Waals surface area contributed by atoms with Crippen molar-refractivity contribution in [3.05, 3.63) is 66.7 Å². The topological polar surface area (TPSA) is 58.5 Å². The second-order valence-corrected chi connectivity index (χ2v) is 7.52. The number of aryl methyl sites for hydroxylation is 1. The van der Waals surface area contributed by atoms with Crippen molar-refractivity contribution in [3.8, 4) is 0 Å². The second-order valence-electron chi connectivity index (χ2n) is 7.52. The Balaban J connectivity index is 1.72. The highest BCUT2D eigenvalue weighted by atomic mass is 16.4. The number of imidazole rings is 1. The van der Waals surface area contributed by atoms with Crippen molar-refractivity contribution in [2.45, 2.75) is 19.4 Å². The Kier molecular flexibility index (Phi) is 3.29. The molecule has 6 rings (SSSR count). The third-order valence-corrected chi connectivity index (χ3v) is 5.85. The van der Waals surface area contributed by atoms with Crippen LogP contribution in [0.5, 0.6) is 0 Å². The van der Waals surface area contributed by atoms with E-state index in [1.165, 1.54) is 21.5 Å². The Hall–Kier alpha value is -3.73. The Morgan fingerprint density at radius 3 is 2.59 bits per heavy atom. The van der Waals surface area contributed by atoms with Crippen LogP contribution in [0.3, 0.4) is 0 Å². The lowest BCUT2D eigenvalue weighted by Crippen LogP contribution is -2.33. The molecule has 0 radical (unpaired) electrons. The molecule has 0 unspecified atom stereocenters. The summed E-state index contributed by atoms with van der Waals surface area (Å²) >= 11 is 0. The predicted octanol–water partition coefficient (Wildman–Crippen LogP) is 4.54. The quantitative estimate of drug-likeness (QED) is 0.457. The van der Waals surface area contributed by atoms with E-state index >= 15 is 0 Å². The van der Waals surface area contributed by atoms with Crippen molar-refractivity contribution in [1.82, 2.24) is 9.61 Å². The summed E-state index contributed by atoms with van der Waals surface area (Å²) in [7, 11) is 0. The molecule has 5 nitrogen and oxygen atoms in total. The first-order chi connectivity index (χ1) is 14.2. The summed E-state index contributed by atoms with van der Waals surface area (Å²) in [5.74, 6) is -0.764. The third kappa shape index (κ3) is 2.24. The summed E-state index contributed by atoms with van der Waals surface area (Å²) < 4.78 is 4.19. The van der Waals surface area contributed by atoms with Crippen LogP contribution in [0, 0.1) is 0 Å². The number of nitrogens with zero attached hydrogens (tertiary/aromatic N) is 3. The third-order valence-electron chi connectivity index (χ3n) is 5.85. The average molecular weight is 380 g/mol. The predicted molar refractivity (Wildman–Crippen MR) is 113 cm³/mol. The minimum Gasteiger partial charge on any atom is -0.481 e. The van der Waals surface area contributed by atoms with Crippen LogP contribution in [0.15, 0.2) is 66.7 Å². The molecule has 0 aliphatic carbocycles. The van der Waals surface area contributed by atoms with Gasteiger partial charge in [0.2, 0.25) is 5.52 Å². The van der Waals surface area contributed by atoms with E-state index in [2.05, 4.69) is 59.2 Å². The molecule has 2 heterocycles. The number of carboxylic acid groups (broad SMARTS) is 1. The summed E-state index contributed by atoms with van der Waals surface area (Å²) in [6, 6.07) is 23.1. The zero-order valence-electron chi connectivity index (χ0n) is 15.7. The van der Waals surface area contributed by atoms with Crippen molar-refractivity contribution >= 4 is 55.1 Å². The first kappa shape index (κ1) is 16.2. The molecule has 6 aromatic rings. The molecular formula is C24H18N3O2+. The summed E-state index contributed by atoms with van der Waals surface area (Å²) in [6.07, 6.45) is 0.734. The zero-order chi connectivity index (χ0) is 19.5. The van der Waals surface area contributed by atoms with Gasteiger partial charge in [0.05, 0.1) is 6.54 Å². The van der Waals surface area contributed by atoms with Gasteiger partial charge in [-0.15, -0.1) is 0 Å². The minimum atomic E-state index is -0.764. The van der Waals surface area contributed by atoms with Crippen molar-refractivity contribution in [3.63, 3.8) is 0 Å². The molecule has 140 valence electrons. The number of fused-ring (bicyclic) bond motifs is 6. The number of para-hydroxylation sites is 2. The number of benzene rings is 3. The van der Waals surface area contributed by atoms with Crippen LogP contribution in [0.25, 0.3) is 49.1 Å². The zero-order valence-corrected chi connectivity index (χ0v) is 15.7. The number of aliphatic carboxylic acids is 1. The molecule has 0 aliphatic rings. The van der Waals surface area contributed by atoms with Gasteiger partial charge in [0.15, 0.2) is 5.52 Å². The number of carbonyl (C=O) groups is 1. The summed E-state index contributed by atoms with van der Waals surface area (Å²) in [5.41, 5.74) is 4.09. The largest absolute Gasteiger partial charge is 0.481 e. The van der Waals surface area contributed by atoms with Crippen LogP contribution in [-0.4, -0.2) is 20.7 Å². The molecule has 0 spiro atoms.